The lowest BCUT2D eigenvalue weighted by Gasteiger charge is -2.14. The lowest BCUT2D eigenvalue weighted by molar-refractivity contribution is -0.139. The van der Waals surface area contributed by atoms with Gasteiger partial charge in [-0.25, -0.2) is 17.5 Å². The van der Waals surface area contributed by atoms with Crippen LogP contribution in [0.25, 0.3) is 0 Å². The maximum absolute atomic E-state index is 13.1. The van der Waals surface area contributed by atoms with Crippen molar-refractivity contribution in [2.45, 2.75) is 23.8 Å². The van der Waals surface area contributed by atoms with Crippen LogP contribution in [0.1, 0.15) is 16.7 Å². The van der Waals surface area contributed by atoms with Crippen molar-refractivity contribution in [1.29, 1.82) is 0 Å². The van der Waals surface area contributed by atoms with Crippen LogP contribution in [0.2, 0.25) is 0 Å². The van der Waals surface area contributed by atoms with Gasteiger partial charge in [0.15, 0.2) is 0 Å². The highest BCUT2D eigenvalue weighted by molar-refractivity contribution is 7.89. The van der Waals surface area contributed by atoms with E-state index in [9.17, 15) is 43.9 Å². The Morgan fingerprint density at radius 2 is 1.60 bits per heavy atom. The largest absolute Gasteiger partial charge is 0.416 e. The van der Waals surface area contributed by atoms with Gasteiger partial charge in [-0.05, 0) is 35.9 Å². The molecule has 0 fully saturated rings. The number of carbonyl (C=O) groups excluding carboxylic acids is 1. The second kappa shape index (κ2) is 8.60. The van der Waals surface area contributed by atoms with Crippen LogP contribution in [0.5, 0.6) is 0 Å². The van der Waals surface area contributed by atoms with Gasteiger partial charge in [0.1, 0.15) is 5.82 Å². The zero-order valence-electron chi connectivity index (χ0n) is 14.7. The molecule has 0 aromatic heterocycles. The van der Waals surface area contributed by atoms with Crippen molar-refractivity contribution < 1.29 is 43.9 Å². The van der Waals surface area contributed by atoms with E-state index in [1.54, 1.807) is 4.72 Å². The second-order valence-electron chi connectivity index (χ2n) is 5.93. The lowest BCUT2D eigenvalue weighted by Crippen LogP contribution is -2.37. The Hall–Kier alpha value is -2.67. The number of carbonyl (C=O) groups is 1. The highest BCUT2D eigenvalue weighted by atomic mass is 32.2. The van der Waals surface area contributed by atoms with Gasteiger partial charge in [0.25, 0.3) is 0 Å². The fourth-order valence-corrected chi connectivity index (χ4v) is 3.33. The number of benzene rings is 2. The van der Waals surface area contributed by atoms with E-state index >= 15 is 0 Å². The number of nitrogens with one attached hydrogen (secondary N) is 2. The van der Waals surface area contributed by atoms with E-state index in [1.807, 2.05) is 5.32 Å². The summed E-state index contributed by atoms with van der Waals surface area (Å²) >= 11 is 0. The molecule has 164 valence electrons. The third-order valence-corrected chi connectivity index (χ3v) is 5.15. The molecule has 0 saturated carbocycles. The number of amides is 1. The van der Waals surface area contributed by atoms with Crippen LogP contribution in [-0.2, 0) is 33.7 Å². The molecular weight excluding hydrogens is 445 g/mol. The number of rotatable bonds is 6. The molecule has 1 amide bonds. The smallest absolute Gasteiger partial charge is 0.351 e. The van der Waals surface area contributed by atoms with Crippen LogP contribution < -0.4 is 10.0 Å². The molecule has 0 unspecified atom stereocenters. The fraction of sp³-hybridized carbons (Fsp3) is 0.235. The minimum atomic E-state index is -4.88. The molecule has 13 heteroatoms. The summed E-state index contributed by atoms with van der Waals surface area (Å²) in [6.45, 7) is -1.62. The third kappa shape index (κ3) is 6.16. The zero-order valence-corrected chi connectivity index (χ0v) is 15.6. The molecule has 2 aromatic carbocycles. The second-order valence-corrected chi connectivity index (χ2v) is 7.69. The first-order valence-corrected chi connectivity index (χ1v) is 9.48. The summed E-state index contributed by atoms with van der Waals surface area (Å²) in [5, 5.41) is 2.02. The summed E-state index contributed by atoms with van der Waals surface area (Å²) in [5.74, 6) is -2.19. The molecule has 2 aromatic rings. The number of halogens is 7. The molecule has 5 nitrogen and oxygen atoms in total. The van der Waals surface area contributed by atoms with Crippen LogP contribution >= 0.6 is 0 Å². The van der Waals surface area contributed by atoms with E-state index < -0.39 is 68.8 Å². The first-order valence-electron chi connectivity index (χ1n) is 7.99. The Kier molecular flexibility index (Phi) is 6.76. The first-order chi connectivity index (χ1) is 13.7. The van der Waals surface area contributed by atoms with Crippen LogP contribution in [-0.4, -0.2) is 20.9 Å². The van der Waals surface area contributed by atoms with Gasteiger partial charge in [0.05, 0.1) is 22.6 Å². The van der Waals surface area contributed by atoms with Gasteiger partial charge in [0.2, 0.25) is 15.9 Å². The van der Waals surface area contributed by atoms with Crippen molar-refractivity contribution in [3.8, 4) is 0 Å². The monoisotopic (exact) mass is 458 g/mol. The Labute approximate surface area is 165 Å². The molecule has 0 atom stereocenters. The molecule has 0 bridgehead atoms. The minimum absolute atomic E-state index is 0.248. The van der Waals surface area contributed by atoms with E-state index in [4.69, 9.17) is 0 Å². The van der Waals surface area contributed by atoms with Crippen LogP contribution in [0.15, 0.2) is 47.4 Å². The van der Waals surface area contributed by atoms with Crippen LogP contribution in [0.4, 0.5) is 30.7 Å². The molecular formula is C17H13F7N2O3S. The lowest BCUT2D eigenvalue weighted by atomic mass is 10.1. The van der Waals surface area contributed by atoms with Gasteiger partial charge in [-0.3, -0.25) is 4.79 Å². The van der Waals surface area contributed by atoms with Gasteiger partial charge in [0, 0.05) is 6.54 Å². The van der Waals surface area contributed by atoms with Crippen molar-refractivity contribution in [2.24, 2.45) is 0 Å². The van der Waals surface area contributed by atoms with Crippen LogP contribution in [0, 0.1) is 5.82 Å². The Morgan fingerprint density at radius 3 is 2.20 bits per heavy atom. The van der Waals surface area contributed by atoms with E-state index in [1.165, 1.54) is 0 Å². The third-order valence-electron chi connectivity index (χ3n) is 3.75. The van der Waals surface area contributed by atoms with Crippen molar-refractivity contribution in [2.75, 3.05) is 6.54 Å². The molecule has 0 aliphatic carbocycles. The summed E-state index contributed by atoms with van der Waals surface area (Å²) in [5.41, 5.74) is -2.99. The topological polar surface area (TPSA) is 75.3 Å². The minimum Gasteiger partial charge on any atom is -0.351 e. The number of sulfonamides is 1. The quantitative estimate of drug-likeness (QED) is 0.652. The van der Waals surface area contributed by atoms with Crippen molar-refractivity contribution in [1.82, 2.24) is 10.0 Å². The van der Waals surface area contributed by atoms with E-state index in [0.717, 1.165) is 24.3 Å². The van der Waals surface area contributed by atoms with Gasteiger partial charge in [-0.2, -0.15) is 26.3 Å². The molecule has 2 N–H and O–H groups in total. The predicted molar refractivity (Wildman–Crippen MR) is 89.9 cm³/mol. The summed E-state index contributed by atoms with van der Waals surface area (Å²) in [6, 6.07) is 4.59. The Balaban J connectivity index is 2.04. The van der Waals surface area contributed by atoms with Gasteiger partial charge in [-0.1, -0.05) is 12.1 Å². The molecule has 30 heavy (non-hydrogen) atoms. The Bertz CT molecular complexity index is 1030. The van der Waals surface area contributed by atoms with Crippen molar-refractivity contribution in [3.05, 3.63) is 65.0 Å². The average Bonchev–Trinajstić information content (AvgIpc) is 2.64. The van der Waals surface area contributed by atoms with Gasteiger partial charge in [-0.15, -0.1) is 0 Å². The molecule has 0 heterocycles. The first kappa shape index (κ1) is 23.6. The normalized spacial score (nSPS) is 12.6. The van der Waals surface area contributed by atoms with Gasteiger partial charge >= 0.3 is 12.4 Å². The molecule has 0 radical (unpaired) electrons. The number of alkyl halides is 6. The number of hydrogen-bond donors (Lipinski definition) is 2. The fourth-order valence-electron chi connectivity index (χ4n) is 2.31. The van der Waals surface area contributed by atoms with E-state index in [0.29, 0.717) is 12.1 Å². The van der Waals surface area contributed by atoms with Crippen molar-refractivity contribution in [3.63, 3.8) is 0 Å². The molecule has 0 aliphatic rings. The summed E-state index contributed by atoms with van der Waals surface area (Å²) in [7, 11) is -4.50. The SMILES string of the molecule is O=C(CNS(=O)(=O)c1cccc(C(F)(F)F)c1)NCc1ccc(F)cc1C(F)(F)F. The van der Waals surface area contributed by atoms with Crippen molar-refractivity contribution >= 4 is 15.9 Å². The van der Waals surface area contributed by atoms with Gasteiger partial charge < -0.3 is 5.32 Å². The van der Waals surface area contributed by atoms with Crippen LogP contribution in [0.3, 0.4) is 0 Å². The molecule has 0 aliphatic heterocycles. The zero-order chi connectivity index (χ0) is 22.7. The summed E-state index contributed by atoms with van der Waals surface area (Å²) < 4.78 is 116. The maximum Gasteiger partial charge on any atom is 0.416 e. The molecule has 2 rings (SSSR count). The van der Waals surface area contributed by atoms with E-state index in [-0.39, 0.29) is 6.07 Å². The Morgan fingerprint density at radius 1 is 0.933 bits per heavy atom. The summed E-state index contributed by atoms with van der Waals surface area (Å²) in [4.78, 5) is 11.0. The standard InChI is InChI=1S/C17H13F7N2O3S/c18-12-5-4-10(14(7-12)17(22,23)24)8-25-15(27)9-26-30(28,29)13-3-1-2-11(6-13)16(19,20)21/h1-7,26H,8-9H2,(H,25,27). The molecule has 0 saturated heterocycles. The number of hydrogen-bond acceptors (Lipinski definition) is 3. The molecule has 0 spiro atoms. The average molecular weight is 458 g/mol. The predicted octanol–water partition coefficient (Wildman–Crippen LogP) is 3.46. The van der Waals surface area contributed by atoms with E-state index in [2.05, 4.69) is 0 Å². The highest BCUT2D eigenvalue weighted by Crippen LogP contribution is 2.32. The summed E-state index contributed by atoms with van der Waals surface area (Å²) in [6.07, 6.45) is -9.67. The maximum atomic E-state index is 13.1. The highest BCUT2D eigenvalue weighted by Gasteiger charge is 2.34.